The highest BCUT2D eigenvalue weighted by Crippen LogP contribution is 2.22. The van der Waals surface area contributed by atoms with Gasteiger partial charge in [-0.2, -0.15) is 5.10 Å². The lowest BCUT2D eigenvalue weighted by molar-refractivity contribution is -0.121. The van der Waals surface area contributed by atoms with Gasteiger partial charge in [-0.05, 0) is 29.6 Å². The van der Waals surface area contributed by atoms with E-state index in [9.17, 15) is 4.79 Å². The van der Waals surface area contributed by atoms with Crippen molar-refractivity contribution in [3.8, 4) is 10.7 Å². The number of amides is 1. The van der Waals surface area contributed by atoms with Crippen LogP contribution in [0.1, 0.15) is 13.8 Å². The van der Waals surface area contributed by atoms with Crippen LogP contribution in [0.4, 0.5) is 0 Å². The molecule has 0 aromatic carbocycles. The van der Waals surface area contributed by atoms with Gasteiger partial charge in [-0.3, -0.25) is 14.5 Å². The second kappa shape index (κ2) is 6.12. The summed E-state index contributed by atoms with van der Waals surface area (Å²) in [5.74, 6) is 1.08. The number of nitrogens with one attached hydrogen (secondary N) is 2. The van der Waals surface area contributed by atoms with Crippen LogP contribution in [0.3, 0.4) is 0 Å². The summed E-state index contributed by atoms with van der Waals surface area (Å²) >= 11 is 6.74. The van der Waals surface area contributed by atoms with Gasteiger partial charge in [0, 0.05) is 6.54 Å². The number of aromatic amines is 1. The maximum absolute atomic E-state index is 11.9. The van der Waals surface area contributed by atoms with E-state index in [4.69, 9.17) is 12.2 Å². The van der Waals surface area contributed by atoms with Crippen LogP contribution in [-0.2, 0) is 11.3 Å². The van der Waals surface area contributed by atoms with Crippen LogP contribution in [0.15, 0.2) is 17.5 Å². The van der Waals surface area contributed by atoms with E-state index in [1.165, 1.54) is 0 Å². The Morgan fingerprint density at radius 3 is 3.05 bits per heavy atom. The third kappa shape index (κ3) is 3.51. The summed E-state index contributed by atoms with van der Waals surface area (Å²) in [5, 5.41) is 11.8. The monoisotopic (exact) mass is 296 g/mol. The molecule has 2 aromatic heterocycles. The Morgan fingerprint density at radius 2 is 2.42 bits per heavy atom. The highest BCUT2D eigenvalue weighted by molar-refractivity contribution is 7.71. The fourth-order valence-electron chi connectivity index (χ4n) is 1.58. The first kappa shape index (κ1) is 14.0. The molecule has 7 heteroatoms. The molecule has 0 radical (unpaired) electrons. The van der Waals surface area contributed by atoms with E-state index in [1.54, 1.807) is 15.9 Å². The van der Waals surface area contributed by atoms with Crippen molar-refractivity contribution in [1.82, 2.24) is 20.1 Å². The maximum Gasteiger partial charge on any atom is 0.240 e. The number of H-pyrrole nitrogens is 1. The van der Waals surface area contributed by atoms with Crippen LogP contribution in [-0.4, -0.2) is 27.2 Å². The summed E-state index contributed by atoms with van der Waals surface area (Å²) in [4.78, 5) is 12.9. The van der Waals surface area contributed by atoms with Gasteiger partial charge >= 0.3 is 0 Å². The van der Waals surface area contributed by atoms with Crippen molar-refractivity contribution in [1.29, 1.82) is 0 Å². The summed E-state index contributed by atoms with van der Waals surface area (Å²) in [7, 11) is 0. The van der Waals surface area contributed by atoms with Crippen molar-refractivity contribution in [3.63, 3.8) is 0 Å². The molecule has 0 spiro atoms. The predicted octanol–water partition coefficient (Wildman–Crippen LogP) is 2.44. The van der Waals surface area contributed by atoms with Crippen molar-refractivity contribution in [2.24, 2.45) is 5.92 Å². The highest BCUT2D eigenvalue weighted by atomic mass is 32.1. The van der Waals surface area contributed by atoms with Gasteiger partial charge in [0.15, 0.2) is 10.6 Å². The molecule has 0 saturated carbocycles. The van der Waals surface area contributed by atoms with Crippen LogP contribution in [0.25, 0.3) is 10.7 Å². The topological polar surface area (TPSA) is 62.7 Å². The standard InChI is InChI=1S/C12H16N4OS2/c1-8(2)6-13-10(17)7-16-11(14-15-12(16)18)9-4-3-5-19-9/h3-5,8H,6-7H2,1-2H3,(H,13,17)(H,15,18). The van der Waals surface area contributed by atoms with Gasteiger partial charge in [-0.1, -0.05) is 19.9 Å². The molecular formula is C12H16N4OS2. The van der Waals surface area contributed by atoms with Crippen LogP contribution in [0.5, 0.6) is 0 Å². The van der Waals surface area contributed by atoms with Crippen LogP contribution < -0.4 is 5.32 Å². The summed E-state index contributed by atoms with van der Waals surface area (Å²) in [6.45, 7) is 4.97. The molecule has 19 heavy (non-hydrogen) atoms. The fraction of sp³-hybridized carbons (Fsp3) is 0.417. The zero-order valence-corrected chi connectivity index (χ0v) is 12.5. The Bertz CT molecular complexity index is 598. The third-order valence-electron chi connectivity index (χ3n) is 2.51. The second-order valence-corrected chi connectivity index (χ2v) is 5.95. The summed E-state index contributed by atoms with van der Waals surface area (Å²) in [6.07, 6.45) is 0. The minimum atomic E-state index is -0.0518. The molecule has 0 atom stereocenters. The Kier molecular flexibility index (Phi) is 4.49. The molecule has 1 amide bonds. The smallest absolute Gasteiger partial charge is 0.240 e. The van der Waals surface area contributed by atoms with E-state index in [2.05, 4.69) is 29.4 Å². The molecular weight excluding hydrogens is 280 g/mol. The number of aromatic nitrogens is 3. The summed E-state index contributed by atoms with van der Waals surface area (Å²) in [5.41, 5.74) is 0. The molecule has 2 N–H and O–H groups in total. The quantitative estimate of drug-likeness (QED) is 0.833. The van der Waals surface area contributed by atoms with E-state index < -0.39 is 0 Å². The molecule has 0 aliphatic carbocycles. The summed E-state index contributed by atoms with van der Waals surface area (Å²) < 4.78 is 2.18. The molecule has 0 saturated heterocycles. The highest BCUT2D eigenvalue weighted by Gasteiger charge is 2.12. The number of carbonyl (C=O) groups is 1. The Morgan fingerprint density at radius 1 is 1.63 bits per heavy atom. The third-order valence-corrected chi connectivity index (χ3v) is 3.69. The lowest BCUT2D eigenvalue weighted by Gasteiger charge is -2.09. The first-order valence-electron chi connectivity index (χ1n) is 6.03. The van der Waals surface area contributed by atoms with Crippen LogP contribution >= 0.6 is 23.6 Å². The van der Waals surface area contributed by atoms with Gasteiger partial charge in [0.05, 0.1) is 4.88 Å². The van der Waals surface area contributed by atoms with E-state index in [0.29, 0.717) is 23.1 Å². The molecule has 0 aliphatic rings. The number of hydrogen-bond acceptors (Lipinski definition) is 4. The molecule has 0 fully saturated rings. The Balaban J connectivity index is 2.14. The van der Waals surface area contributed by atoms with Crippen molar-refractivity contribution < 1.29 is 4.79 Å². The molecule has 2 aromatic rings. The van der Waals surface area contributed by atoms with Crippen molar-refractivity contribution >= 4 is 29.5 Å². The van der Waals surface area contributed by atoms with Gasteiger partial charge in [-0.15, -0.1) is 11.3 Å². The molecule has 2 rings (SSSR count). The number of thiophene rings is 1. The normalized spacial score (nSPS) is 10.9. The molecule has 0 unspecified atom stereocenters. The molecule has 0 aliphatic heterocycles. The summed E-state index contributed by atoms with van der Waals surface area (Å²) in [6, 6.07) is 3.90. The molecule has 102 valence electrons. The Hall–Kier alpha value is -1.47. The van der Waals surface area contributed by atoms with Crippen LogP contribution in [0.2, 0.25) is 0 Å². The SMILES string of the molecule is CC(C)CNC(=O)Cn1c(-c2cccs2)n[nH]c1=S. The number of rotatable bonds is 5. The lowest BCUT2D eigenvalue weighted by Crippen LogP contribution is -2.30. The van der Waals surface area contributed by atoms with E-state index in [-0.39, 0.29) is 12.5 Å². The van der Waals surface area contributed by atoms with Crippen LogP contribution in [0, 0.1) is 10.7 Å². The van der Waals surface area contributed by atoms with Gasteiger partial charge in [0.2, 0.25) is 5.91 Å². The fourth-order valence-corrected chi connectivity index (χ4v) is 2.49. The number of carbonyl (C=O) groups excluding carboxylic acids is 1. The maximum atomic E-state index is 11.9. The van der Waals surface area contributed by atoms with Crippen molar-refractivity contribution in [2.75, 3.05) is 6.54 Å². The lowest BCUT2D eigenvalue weighted by atomic mass is 10.2. The Labute approximate surface area is 120 Å². The largest absolute Gasteiger partial charge is 0.354 e. The zero-order valence-electron chi connectivity index (χ0n) is 10.8. The first-order chi connectivity index (χ1) is 9.08. The van der Waals surface area contributed by atoms with Gasteiger partial charge < -0.3 is 5.32 Å². The average molecular weight is 296 g/mol. The van der Waals surface area contributed by atoms with Crippen molar-refractivity contribution in [2.45, 2.75) is 20.4 Å². The van der Waals surface area contributed by atoms with Crippen molar-refractivity contribution in [3.05, 3.63) is 22.3 Å². The molecule has 0 bridgehead atoms. The number of hydrogen-bond donors (Lipinski definition) is 2. The van der Waals surface area contributed by atoms with E-state index >= 15 is 0 Å². The van der Waals surface area contributed by atoms with Gasteiger partial charge in [0.25, 0.3) is 0 Å². The molecule has 5 nitrogen and oxygen atoms in total. The van der Waals surface area contributed by atoms with Gasteiger partial charge in [0.1, 0.15) is 6.54 Å². The predicted molar refractivity (Wildman–Crippen MR) is 78.6 cm³/mol. The molecule has 2 heterocycles. The minimum Gasteiger partial charge on any atom is -0.354 e. The van der Waals surface area contributed by atoms with Gasteiger partial charge in [-0.25, -0.2) is 0 Å². The van der Waals surface area contributed by atoms with E-state index in [1.807, 2.05) is 17.5 Å². The number of nitrogens with zero attached hydrogens (tertiary/aromatic N) is 2. The zero-order chi connectivity index (χ0) is 13.8. The second-order valence-electron chi connectivity index (χ2n) is 4.61. The van der Waals surface area contributed by atoms with E-state index in [0.717, 1.165) is 4.88 Å². The first-order valence-corrected chi connectivity index (χ1v) is 7.32. The average Bonchev–Trinajstić information content (AvgIpc) is 2.98. The minimum absolute atomic E-state index is 0.0518.